The zero-order valence-electron chi connectivity index (χ0n) is 15.7. The Morgan fingerprint density at radius 2 is 1.83 bits per heavy atom. The van der Waals surface area contributed by atoms with E-state index in [0.29, 0.717) is 40.8 Å². The molecular weight excluding hydrogens is 372 g/mol. The van der Waals surface area contributed by atoms with Gasteiger partial charge in [-0.3, -0.25) is 24.1 Å². The van der Waals surface area contributed by atoms with Crippen molar-refractivity contribution >= 4 is 34.3 Å². The molecule has 3 amide bonds. The summed E-state index contributed by atoms with van der Waals surface area (Å²) in [5, 5.41) is 3.27. The topological polar surface area (TPSA) is 112 Å². The SMILES string of the molecule is CN1C(=O)c2ccc(NC(=O)CCCc3nc4ccccc4c(=O)[nH]3)cc2C1=O. The molecule has 0 radical (unpaired) electrons. The van der Waals surface area contributed by atoms with Crippen molar-refractivity contribution in [2.45, 2.75) is 19.3 Å². The van der Waals surface area contributed by atoms with Crippen LogP contribution in [0.15, 0.2) is 47.3 Å². The number of hydrogen-bond donors (Lipinski definition) is 2. The van der Waals surface area contributed by atoms with E-state index in [-0.39, 0.29) is 35.3 Å². The standard InChI is InChI=1S/C21H18N4O4/c1-25-20(28)13-10-9-12(11-15(13)21(25)29)22-18(26)8-4-7-17-23-16-6-3-2-5-14(16)19(27)24-17/h2-3,5-6,9-11H,4,7-8H2,1H3,(H,22,26)(H,23,24,27). The molecule has 4 rings (SSSR count). The third kappa shape index (κ3) is 3.52. The fourth-order valence-electron chi connectivity index (χ4n) is 3.33. The van der Waals surface area contributed by atoms with Crippen molar-refractivity contribution in [1.82, 2.24) is 14.9 Å². The molecule has 0 fully saturated rings. The minimum absolute atomic E-state index is 0.197. The van der Waals surface area contributed by atoms with E-state index in [4.69, 9.17) is 0 Å². The van der Waals surface area contributed by atoms with Gasteiger partial charge in [-0.25, -0.2) is 4.98 Å². The average Bonchev–Trinajstić information content (AvgIpc) is 2.92. The highest BCUT2D eigenvalue weighted by Gasteiger charge is 2.32. The summed E-state index contributed by atoms with van der Waals surface area (Å²) < 4.78 is 0. The Hall–Kier alpha value is -3.81. The summed E-state index contributed by atoms with van der Waals surface area (Å²) in [4.78, 5) is 56.5. The van der Waals surface area contributed by atoms with Gasteiger partial charge in [-0.05, 0) is 36.8 Å². The number of aryl methyl sites for hydroxylation is 1. The van der Waals surface area contributed by atoms with E-state index < -0.39 is 0 Å². The lowest BCUT2D eigenvalue weighted by atomic mass is 10.1. The van der Waals surface area contributed by atoms with Crippen LogP contribution in [-0.2, 0) is 11.2 Å². The summed E-state index contributed by atoms with van der Waals surface area (Å²) in [5.74, 6) is -0.420. The van der Waals surface area contributed by atoms with Crippen LogP contribution in [0.2, 0.25) is 0 Å². The molecule has 0 saturated heterocycles. The number of nitrogens with zero attached hydrogens (tertiary/aromatic N) is 2. The molecule has 0 aliphatic carbocycles. The van der Waals surface area contributed by atoms with E-state index >= 15 is 0 Å². The Morgan fingerprint density at radius 1 is 1.07 bits per heavy atom. The maximum atomic E-state index is 12.2. The van der Waals surface area contributed by atoms with Gasteiger partial charge in [0.25, 0.3) is 17.4 Å². The largest absolute Gasteiger partial charge is 0.326 e. The predicted molar refractivity (Wildman–Crippen MR) is 107 cm³/mol. The number of carbonyl (C=O) groups excluding carboxylic acids is 3. The number of benzene rings is 2. The molecule has 0 spiro atoms. The van der Waals surface area contributed by atoms with Gasteiger partial charge in [0.1, 0.15) is 5.82 Å². The van der Waals surface area contributed by atoms with E-state index in [1.54, 1.807) is 30.3 Å². The summed E-state index contributed by atoms with van der Waals surface area (Å²) in [6, 6.07) is 11.7. The molecule has 8 nitrogen and oxygen atoms in total. The maximum Gasteiger partial charge on any atom is 0.261 e. The fourth-order valence-corrected chi connectivity index (χ4v) is 3.33. The molecule has 1 aromatic heterocycles. The first kappa shape index (κ1) is 18.5. The lowest BCUT2D eigenvalue weighted by Crippen LogP contribution is -2.24. The first-order chi connectivity index (χ1) is 13.9. The van der Waals surface area contributed by atoms with Gasteiger partial charge in [0.15, 0.2) is 0 Å². The van der Waals surface area contributed by atoms with Crippen LogP contribution in [0.1, 0.15) is 39.4 Å². The van der Waals surface area contributed by atoms with Crippen molar-refractivity contribution in [3.05, 3.63) is 69.8 Å². The van der Waals surface area contributed by atoms with E-state index in [1.165, 1.54) is 13.1 Å². The number of carbonyl (C=O) groups is 3. The van der Waals surface area contributed by atoms with E-state index in [2.05, 4.69) is 15.3 Å². The Kier molecular flexibility index (Phi) is 4.67. The molecule has 146 valence electrons. The van der Waals surface area contributed by atoms with E-state index in [9.17, 15) is 19.2 Å². The zero-order chi connectivity index (χ0) is 20.5. The van der Waals surface area contributed by atoms with Crippen molar-refractivity contribution < 1.29 is 14.4 Å². The number of nitrogens with one attached hydrogen (secondary N) is 2. The molecule has 1 aliphatic heterocycles. The smallest absolute Gasteiger partial charge is 0.261 e. The van der Waals surface area contributed by atoms with Crippen LogP contribution in [-0.4, -0.2) is 39.6 Å². The zero-order valence-corrected chi connectivity index (χ0v) is 15.7. The third-order valence-corrected chi connectivity index (χ3v) is 4.85. The molecule has 2 heterocycles. The minimum Gasteiger partial charge on any atom is -0.326 e. The third-order valence-electron chi connectivity index (χ3n) is 4.85. The molecule has 0 saturated carbocycles. The maximum absolute atomic E-state index is 12.2. The molecule has 0 atom stereocenters. The molecule has 29 heavy (non-hydrogen) atoms. The second-order valence-electron chi connectivity index (χ2n) is 6.86. The van der Waals surface area contributed by atoms with Gasteiger partial charge in [-0.15, -0.1) is 0 Å². The quantitative estimate of drug-likeness (QED) is 0.648. The van der Waals surface area contributed by atoms with Crippen molar-refractivity contribution in [3.63, 3.8) is 0 Å². The van der Waals surface area contributed by atoms with Crippen LogP contribution < -0.4 is 10.9 Å². The van der Waals surface area contributed by atoms with Gasteiger partial charge >= 0.3 is 0 Å². The number of imide groups is 1. The number of anilines is 1. The first-order valence-corrected chi connectivity index (χ1v) is 9.18. The average molecular weight is 390 g/mol. The van der Waals surface area contributed by atoms with Crippen LogP contribution in [0, 0.1) is 0 Å². The highest BCUT2D eigenvalue weighted by atomic mass is 16.2. The molecule has 0 bridgehead atoms. The van der Waals surface area contributed by atoms with Crippen LogP contribution in [0.25, 0.3) is 10.9 Å². The number of para-hydroxylation sites is 1. The Bertz CT molecular complexity index is 1210. The van der Waals surface area contributed by atoms with Crippen LogP contribution >= 0.6 is 0 Å². The molecule has 2 N–H and O–H groups in total. The summed E-state index contributed by atoms with van der Waals surface area (Å²) in [5.41, 5.74) is 1.51. The van der Waals surface area contributed by atoms with Crippen LogP contribution in [0.4, 0.5) is 5.69 Å². The highest BCUT2D eigenvalue weighted by Crippen LogP contribution is 2.24. The minimum atomic E-state index is -0.382. The van der Waals surface area contributed by atoms with Crippen molar-refractivity contribution in [3.8, 4) is 0 Å². The van der Waals surface area contributed by atoms with Gasteiger partial charge in [0, 0.05) is 25.6 Å². The summed E-state index contributed by atoms with van der Waals surface area (Å²) >= 11 is 0. The van der Waals surface area contributed by atoms with E-state index in [1.807, 2.05) is 6.07 Å². The normalized spacial score (nSPS) is 13.1. The lowest BCUT2D eigenvalue weighted by Gasteiger charge is -2.07. The van der Waals surface area contributed by atoms with E-state index in [0.717, 1.165) is 4.90 Å². The Balaban J connectivity index is 1.37. The van der Waals surface area contributed by atoms with Crippen molar-refractivity contribution in [2.24, 2.45) is 0 Å². The van der Waals surface area contributed by atoms with Gasteiger partial charge in [0.2, 0.25) is 5.91 Å². The van der Waals surface area contributed by atoms with Crippen LogP contribution in [0.3, 0.4) is 0 Å². The second-order valence-corrected chi connectivity index (χ2v) is 6.86. The highest BCUT2D eigenvalue weighted by molar-refractivity contribution is 6.21. The Morgan fingerprint density at radius 3 is 2.66 bits per heavy atom. The number of aromatic nitrogens is 2. The first-order valence-electron chi connectivity index (χ1n) is 9.18. The van der Waals surface area contributed by atoms with Gasteiger partial charge in [-0.1, -0.05) is 12.1 Å². The monoisotopic (exact) mass is 390 g/mol. The molecule has 0 unspecified atom stereocenters. The lowest BCUT2D eigenvalue weighted by molar-refractivity contribution is -0.116. The number of fused-ring (bicyclic) bond motifs is 2. The number of hydrogen-bond acceptors (Lipinski definition) is 5. The summed E-state index contributed by atoms with van der Waals surface area (Å²) in [6.45, 7) is 0. The molecular formula is C21H18N4O4. The summed E-state index contributed by atoms with van der Waals surface area (Å²) in [6.07, 6.45) is 1.17. The number of H-pyrrole nitrogens is 1. The van der Waals surface area contributed by atoms with Crippen molar-refractivity contribution in [1.29, 1.82) is 0 Å². The summed E-state index contributed by atoms with van der Waals surface area (Å²) in [7, 11) is 1.42. The predicted octanol–water partition coefficient (Wildman–Crippen LogP) is 2.11. The van der Waals surface area contributed by atoms with Gasteiger partial charge in [-0.2, -0.15) is 0 Å². The van der Waals surface area contributed by atoms with Gasteiger partial charge in [0.05, 0.1) is 22.0 Å². The number of aromatic amines is 1. The number of rotatable bonds is 5. The number of amides is 3. The van der Waals surface area contributed by atoms with Gasteiger partial charge < -0.3 is 10.3 Å². The molecule has 8 heteroatoms. The molecule has 1 aliphatic rings. The Labute approximate surface area is 165 Å². The second kappa shape index (κ2) is 7.31. The van der Waals surface area contributed by atoms with Crippen molar-refractivity contribution in [2.75, 3.05) is 12.4 Å². The molecule has 3 aromatic rings. The van der Waals surface area contributed by atoms with Crippen LogP contribution in [0.5, 0.6) is 0 Å². The molecule has 2 aromatic carbocycles. The fraction of sp³-hybridized carbons (Fsp3) is 0.190.